The third-order valence-electron chi connectivity index (χ3n) is 2.77. The second-order valence-corrected chi connectivity index (χ2v) is 4.02. The van der Waals surface area contributed by atoms with Crippen LogP contribution < -0.4 is 5.73 Å². The van der Waals surface area contributed by atoms with Crippen molar-refractivity contribution in [2.45, 2.75) is 13.3 Å². The molecule has 1 rings (SSSR count). The second-order valence-electron chi connectivity index (χ2n) is 4.02. The predicted molar refractivity (Wildman–Crippen MR) is 71.3 cm³/mol. The third-order valence-corrected chi connectivity index (χ3v) is 2.77. The first-order valence-electron chi connectivity index (χ1n) is 5.92. The lowest BCUT2D eigenvalue weighted by atomic mass is 10.1. The predicted octanol–water partition coefficient (Wildman–Crippen LogP) is 1.11. The third kappa shape index (κ3) is 3.44. The van der Waals surface area contributed by atoms with E-state index in [9.17, 15) is 19.7 Å². The highest BCUT2D eigenvalue weighted by atomic mass is 16.6. The van der Waals surface area contributed by atoms with E-state index in [0.29, 0.717) is 0 Å². The van der Waals surface area contributed by atoms with Gasteiger partial charge in [0.05, 0.1) is 16.9 Å². The Morgan fingerprint density at radius 3 is 2.60 bits per heavy atom. The van der Waals surface area contributed by atoms with Crippen LogP contribution in [0.25, 0.3) is 0 Å². The Morgan fingerprint density at radius 2 is 2.10 bits per heavy atom. The summed E-state index contributed by atoms with van der Waals surface area (Å²) in [6, 6.07) is 3.96. The number of carbonyl (C=O) groups is 2. The number of rotatable bonds is 6. The minimum atomic E-state index is -1.02. The van der Waals surface area contributed by atoms with Gasteiger partial charge in [0.2, 0.25) is 0 Å². The van der Waals surface area contributed by atoms with Gasteiger partial charge in [-0.3, -0.25) is 19.7 Å². The van der Waals surface area contributed by atoms with Crippen LogP contribution in [0.3, 0.4) is 0 Å². The molecular weight excluding hydrogens is 266 g/mol. The van der Waals surface area contributed by atoms with E-state index in [1.165, 1.54) is 23.1 Å². The van der Waals surface area contributed by atoms with Gasteiger partial charge in [-0.1, -0.05) is 6.07 Å². The molecule has 20 heavy (non-hydrogen) atoms. The molecule has 0 spiro atoms. The van der Waals surface area contributed by atoms with Crippen LogP contribution in [-0.4, -0.2) is 39.9 Å². The maximum absolute atomic E-state index is 12.2. The quantitative estimate of drug-likeness (QED) is 0.457. The number of carboxylic acid groups (broad SMARTS) is 1. The van der Waals surface area contributed by atoms with Crippen molar-refractivity contribution < 1.29 is 19.6 Å². The van der Waals surface area contributed by atoms with E-state index in [-0.39, 0.29) is 36.4 Å². The fourth-order valence-electron chi connectivity index (χ4n) is 1.70. The molecule has 0 heterocycles. The maximum Gasteiger partial charge on any atom is 0.305 e. The van der Waals surface area contributed by atoms with Crippen LogP contribution in [0.1, 0.15) is 23.7 Å². The van der Waals surface area contributed by atoms with Gasteiger partial charge in [-0.05, 0) is 13.0 Å². The zero-order chi connectivity index (χ0) is 15.3. The summed E-state index contributed by atoms with van der Waals surface area (Å²) in [5, 5.41) is 19.4. The van der Waals surface area contributed by atoms with Crippen LogP contribution in [0, 0.1) is 10.1 Å². The van der Waals surface area contributed by atoms with E-state index in [4.69, 9.17) is 10.8 Å². The van der Waals surface area contributed by atoms with E-state index in [1.807, 2.05) is 0 Å². The van der Waals surface area contributed by atoms with E-state index < -0.39 is 16.8 Å². The topological polar surface area (TPSA) is 127 Å². The molecule has 0 unspecified atom stereocenters. The normalized spacial score (nSPS) is 10.1. The first-order chi connectivity index (χ1) is 9.38. The zero-order valence-electron chi connectivity index (χ0n) is 10.9. The number of hydrogen-bond donors (Lipinski definition) is 2. The Balaban J connectivity index is 3.04. The number of aliphatic carboxylic acids is 1. The molecule has 0 aliphatic heterocycles. The van der Waals surface area contributed by atoms with Gasteiger partial charge in [0.25, 0.3) is 11.6 Å². The van der Waals surface area contributed by atoms with Crippen LogP contribution in [0.2, 0.25) is 0 Å². The number of nitrogens with two attached hydrogens (primary N) is 1. The lowest BCUT2D eigenvalue weighted by Gasteiger charge is -2.20. The van der Waals surface area contributed by atoms with Crippen molar-refractivity contribution in [1.82, 2.24) is 4.90 Å². The number of anilines is 1. The van der Waals surface area contributed by atoms with Crippen molar-refractivity contribution in [3.05, 3.63) is 33.9 Å². The molecule has 1 amide bonds. The minimum Gasteiger partial charge on any atom is -0.481 e. The van der Waals surface area contributed by atoms with Crippen molar-refractivity contribution in [2.75, 3.05) is 18.8 Å². The van der Waals surface area contributed by atoms with Gasteiger partial charge in [0.15, 0.2) is 0 Å². The highest BCUT2D eigenvalue weighted by molar-refractivity contribution is 6.01. The molecule has 0 aromatic heterocycles. The highest BCUT2D eigenvalue weighted by Crippen LogP contribution is 2.25. The SMILES string of the molecule is CCN(CCC(=O)O)C(=O)c1cccc([N+](=O)[O-])c1N. The van der Waals surface area contributed by atoms with Crippen molar-refractivity contribution in [3.63, 3.8) is 0 Å². The van der Waals surface area contributed by atoms with Crippen LogP contribution in [0.15, 0.2) is 18.2 Å². The Kier molecular flexibility index (Phi) is 5.01. The summed E-state index contributed by atoms with van der Waals surface area (Å²) in [5.74, 6) is -1.54. The number of hydrogen-bond acceptors (Lipinski definition) is 5. The number of amides is 1. The summed E-state index contributed by atoms with van der Waals surface area (Å²) < 4.78 is 0. The van der Waals surface area contributed by atoms with Crippen molar-refractivity contribution >= 4 is 23.3 Å². The van der Waals surface area contributed by atoms with Crippen LogP contribution in [-0.2, 0) is 4.79 Å². The minimum absolute atomic E-state index is 0.00596. The smallest absolute Gasteiger partial charge is 0.305 e. The number of nitrogen functional groups attached to an aromatic ring is 1. The molecule has 3 N–H and O–H groups in total. The number of carbonyl (C=O) groups excluding carboxylic acids is 1. The Labute approximate surface area is 114 Å². The fraction of sp³-hybridized carbons (Fsp3) is 0.333. The fourth-order valence-corrected chi connectivity index (χ4v) is 1.70. The largest absolute Gasteiger partial charge is 0.481 e. The van der Waals surface area contributed by atoms with Gasteiger partial charge in [-0.15, -0.1) is 0 Å². The average molecular weight is 281 g/mol. The lowest BCUT2D eigenvalue weighted by Crippen LogP contribution is -2.33. The molecule has 108 valence electrons. The Hall–Kier alpha value is -2.64. The Morgan fingerprint density at radius 1 is 1.45 bits per heavy atom. The van der Waals surface area contributed by atoms with Gasteiger partial charge >= 0.3 is 5.97 Å². The number of nitro groups is 1. The van der Waals surface area contributed by atoms with Gasteiger partial charge in [0, 0.05) is 19.2 Å². The molecular formula is C12H15N3O5. The van der Waals surface area contributed by atoms with E-state index in [1.54, 1.807) is 6.92 Å². The number of para-hydroxylation sites is 1. The van der Waals surface area contributed by atoms with E-state index in [2.05, 4.69) is 0 Å². The van der Waals surface area contributed by atoms with Crippen molar-refractivity contribution in [2.24, 2.45) is 0 Å². The van der Waals surface area contributed by atoms with E-state index in [0.717, 1.165) is 0 Å². The summed E-state index contributed by atoms with van der Waals surface area (Å²) >= 11 is 0. The number of nitrogens with zero attached hydrogens (tertiary/aromatic N) is 2. The van der Waals surface area contributed by atoms with Crippen molar-refractivity contribution in [1.29, 1.82) is 0 Å². The molecule has 0 fully saturated rings. The molecule has 0 saturated carbocycles. The number of carboxylic acids is 1. The summed E-state index contributed by atoms with van der Waals surface area (Å²) in [5.41, 5.74) is 5.08. The maximum atomic E-state index is 12.2. The molecule has 8 nitrogen and oxygen atoms in total. The number of nitro benzene ring substituents is 1. The van der Waals surface area contributed by atoms with Crippen LogP contribution in [0.4, 0.5) is 11.4 Å². The highest BCUT2D eigenvalue weighted by Gasteiger charge is 2.22. The molecule has 0 aliphatic rings. The summed E-state index contributed by atoms with van der Waals surface area (Å²) in [6.45, 7) is 1.99. The standard InChI is InChI=1S/C12H15N3O5/c1-2-14(7-6-10(16)17)12(18)8-4-3-5-9(11(8)13)15(19)20/h3-5H,2,6-7,13H2,1H3,(H,16,17). The van der Waals surface area contributed by atoms with Gasteiger partial charge in [0.1, 0.15) is 5.69 Å². The van der Waals surface area contributed by atoms with Gasteiger partial charge < -0.3 is 15.7 Å². The summed E-state index contributed by atoms with van der Waals surface area (Å²) in [4.78, 5) is 34.1. The molecule has 0 aliphatic carbocycles. The van der Waals surface area contributed by atoms with Gasteiger partial charge in [-0.2, -0.15) is 0 Å². The van der Waals surface area contributed by atoms with Crippen LogP contribution in [0.5, 0.6) is 0 Å². The van der Waals surface area contributed by atoms with Crippen LogP contribution >= 0.6 is 0 Å². The molecule has 0 bridgehead atoms. The second kappa shape index (κ2) is 6.50. The zero-order valence-corrected chi connectivity index (χ0v) is 10.9. The number of benzene rings is 1. The molecule has 0 saturated heterocycles. The molecule has 1 aromatic carbocycles. The summed E-state index contributed by atoms with van der Waals surface area (Å²) in [7, 11) is 0. The molecule has 1 aromatic rings. The van der Waals surface area contributed by atoms with Gasteiger partial charge in [-0.25, -0.2) is 0 Å². The molecule has 0 atom stereocenters. The van der Waals surface area contributed by atoms with E-state index >= 15 is 0 Å². The molecule has 0 radical (unpaired) electrons. The first kappa shape index (κ1) is 15.4. The van der Waals surface area contributed by atoms with Crippen molar-refractivity contribution in [3.8, 4) is 0 Å². The monoisotopic (exact) mass is 281 g/mol. The molecule has 8 heteroatoms. The average Bonchev–Trinajstić information content (AvgIpc) is 2.38. The summed E-state index contributed by atoms with van der Waals surface area (Å²) in [6.07, 6.45) is -0.200. The Bertz CT molecular complexity index is 544. The first-order valence-corrected chi connectivity index (χ1v) is 5.92. The lowest BCUT2D eigenvalue weighted by molar-refractivity contribution is -0.383.